The van der Waals surface area contributed by atoms with Crippen molar-refractivity contribution in [1.82, 2.24) is 30.2 Å². The SMILES string of the molecule is O=c1[nH]c(Cn2nnc(-c3cccc(C(F)(F)F)c3)n2)nc2cc(Cl)ccc12. The van der Waals surface area contributed by atoms with Crippen molar-refractivity contribution in [2.24, 2.45) is 0 Å². The Kier molecular flexibility index (Phi) is 4.34. The quantitative estimate of drug-likeness (QED) is 0.564. The van der Waals surface area contributed by atoms with E-state index in [2.05, 4.69) is 25.4 Å². The maximum atomic E-state index is 12.9. The number of hydrogen-bond acceptors (Lipinski definition) is 5. The molecule has 0 aliphatic carbocycles. The van der Waals surface area contributed by atoms with Crippen molar-refractivity contribution in [3.05, 3.63) is 69.2 Å². The van der Waals surface area contributed by atoms with Crippen molar-refractivity contribution in [3.63, 3.8) is 0 Å². The molecule has 142 valence electrons. The van der Waals surface area contributed by atoms with Gasteiger partial charge >= 0.3 is 6.18 Å². The van der Waals surface area contributed by atoms with Gasteiger partial charge in [-0.3, -0.25) is 4.79 Å². The molecule has 2 aromatic carbocycles. The minimum absolute atomic E-state index is 0.0242. The first-order chi connectivity index (χ1) is 13.3. The summed E-state index contributed by atoms with van der Waals surface area (Å²) in [7, 11) is 0. The van der Waals surface area contributed by atoms with Gasteiger partial charge < -0.3 is 4.98 Å². The summed E-state index contributed by atoms with van der Waals surface area (Å²) in [6, 6.07) is 9.33. The number of alkyl halides is 3. The monoisotopic (exact) mass is 406 g/mol. The second-order valence-corrected chi connectivity index (χ2v) is 6.33. The van der Waals surface area contributed by atoms with Crippen LogP contribution in [0.1, 0.15) is 11.4 Å². The molecular weight excluding hydrogens is 397 g/mol. The van der Waals surface area contributed by atoms with Gasteiger partial charge in [-0.05, 0) is 35.5 Å². The molecule has 0 amide bonds. The van der Waals surface area contributed by atoms with Crippen LogP contribution in [0.25, 0.3) is 22.3 Å². The lowest BCUT2D eigenvalue weighted by atomic mass is 10.1. The van der Waals surface area contributed by atoms with Crippen LogP contribution in [-0.4, -0.2) is 30.2 Å². The Morgan fingerprint density at radius 1 is 1.14 bits per heavy atom. The van der Waals surface area contributed by atoms with Crippen LogP contribution in [0.5, 0.6) is 0 Å². The van der Waals surface area contributed by atoms with Crippen molar-refractivity contribution in [3.8, 4) is 11.4 Å². The van der Waals surface area contributed by atoms with E-state index in [1.165, 1.54) is 12.1 Å². The van der Waals surface area contributed by atoms with E-state index in [9.17, 15) is 18.0 Å². The van der Waals surface area contributed by atoms with E-state index >= 15 is 0 Å². The first-order valence-electron chi connectivity index (χ1n) is 7.93. The first kappa shape index (κ1) is 18.1. The lowest BCUT2D eigenvalue weighted by Crippen LogP contribution is -2.15. The highest BCUT2D eigenvalue weighted by Crippen LogP contribution is 2.31. The average Bonchev–Trinajstić information content (AvgIpc) is 3.09. The molecule has 0 atom stereocenters. The summed E-state index contributed by atoms with van der Waals surface area (Å²) >= 11 is 5.93. The molecule has 0 radical (unpaired) electrons. The predicted octanol–water partition coefficient (Wildman–Crippen LogP) is 3.30. The van der Waals surface area contributed by atoms with Crippen LogP contribution in [0.15, 0.2) is 47.3 Å². The summed E-state index contributed by atoms with van der Waals surface area (Å²) in [5.41, 5.74) is -0.578. The Morgan fingerprint density at radius 3 is 2.75 bits per heavy atom. The second kappa shape index (κ2) is 6.71. The zero-order chi connectivity index (χ0) is 19.9. The molecule has 11 heteroatoms. The average molecular weight is 407 g/mol. The lowest BCUT2D eigenvalue weighted by Gasteiger charge is -2.06. The molecule has 0 aliphatic rings. The third-order valence-corrected chi connectivity index (χ3v) is 4.14. The molecular formula is C17H10ClF3N6O. The Bertz CT molecular complexity index is 1230. The smallest absolute Gasteiger partial charge is 0.308 e. The van der Waals surface area contributed by atoms with E-state index in [0.717, 1.165) is 16.9 Å². The third-order valence-electron chi connectivity index (χ3n) is 3.91. The normalized spacial score (nSPS) is 11.9. The number of aromatic nitrogens is 6. The molecule has 4 rings (SSSR count). The zero-order valence-corrected chi connectivity index (χ0v) is 14.7. The number of hydrogen-bond donors (Lipinski definition) is 1. The molecule has 7 nitrogen and oxygen atoms in total. The molecule has 4 aromatic rings. The number of nitrogens with zero attached hydrogens (tertiary/aromatic N) is 5. The standard InChI is InChI=1S/C17H10ClF3N6O/c18-11-4-5-12-13(7-11)22-14(23-16(12)28)8-27-25-15(24-26-27)9-2-1-3-10(6-9)17(19,20)21/h1-7H,8H2,(H,22,23,28). The van der Waals surface area contributed by atoms with Gasteiger partial charge in [-0.1, -0.05) is 23.7 Å². The summed E-state index contributed by atoms with van der Waals surface area (Å²) in [5.74, 6) is 0.282. The fourth-order valence-electron chi connectivity index (χ4n) is 2.63. The van der Waals surface area contributed by atoms with Gasteiger partial charge in [-0.15, -0.1) is 10.2 Å². The molecule has 0 aliphatic heterocycles. The van der Waals surface area contributed by atoms with Crippen molar-refractivity contribution in [2.75, 3.05) is 0 Å². The van der Waals surface area contributed by atoms with E-state index in [0.29, 0.717) is 15.9 Å². The molecule has 0 spiro atoms. The predicted molar refractivity (Wildman–Crippen MR) is 94.7 cm³/mol. The van der Waals surface area contributed by atoms with Crippen molar-refractivity contribution < 1.29 is 13.2 Å². The van der Waals surface area contributed by atoms with Crippen molar-refractivity contribution in [1.29, 1.82) is 0 Å². The van der Waals surface area contributed by atoms with E-state index in [-0.39, 0.29) is 29.3 Å². The van der Waals surface area contributed by atoms with Gasteiger partial charge in [0.15, 0.2) is 0 Å². The number of fused-ring (bicyclic) bond motifs is 1. The van der Waals surface area contributed by atoms with Gasteiger partial charge in [0.05, 0.1) is 16.5 Å². The molecule has 0 saturated heterocycles. The Labute approximate surface area is 159 Å². The fraction of sp³-hybridized carbons (Fsp3) is 0.118. The Balaban J connectivity index is 1.64. The van der Waals surface area contributed by atoms with Gasteiger partial charge in [-0.2, -0.15) is 18.0 Å². The first-order valence-corrected chi connectivity index (χ1v) is 8.31. The molecule has 1 N–H and O–H groups in total. The highest BCUT2D eigenvalue weighted by molar-refractivity contribution is 6.31. The van der Waals surface area contributed by atoms with Crippen LogP contribution in [-0.2, 0) is 12.7 Å². The topological polar surface area (TPSA) is 89.4 Å². The highest BCUT2D eigenvalue weighted by Gasteiger charge is 2.30. The Morgan fingerprint density at radius 2 is 1.96 bits per heavy atom. The fourth-order valence-corrected chi connectivity index (χ4v) is 2.80. The number of aromatic amines is 1. The Hall–Kier alpha value is -3.27. The number of rotatable bonds is 3. The maximum absolute atomic E-state index is 12.9. The number of benzene rings is 2. The van der Waals surface area contributed by atoms with E-state index in [1.807, 2.05) is 0 Å². The number of halogens is 4. The van der Waals surface area contributed by atoms with Crippen LogP contribution in [0.4, 0.5) is 13.2 Å². The van der Waals surface area contributed by atoms with E-state index in [4.69, 9.17) is 11.6 Å². The molecule has 0 bridgehead atoms. The summed E-state index contributed by atoms with van der Waals surface area (Å²) in [4.78, 5) is 20.2. The molecule has 0 fully saturated rings. The minimum Gasteiger partial charge on any atom is -0.308 e. The maximum Gasteiger partial charge on any atom is 0.416 e. The van der Waals surface area contributed by atoms with Gasteiger partial charge in [-0.25, -0.2) is 4.98 Å². The van der Waals surface area contributed by atoms with Crippen LogP contribution < -0.4 is 5.56 Å². The second-order valence-electron chi connectivity index (χ2n) is 5.90. The van der Waals surface area contributed by atoms with Gasteiger partial charge in [0, 0.05) is 10.6 Å². The van der Waals surface area contributed by atoms with Crippen LogP contribution in [0, 0.1) is 0 Å². The van der Waals surface area contributed by atoms with Gasteiger partial charge in [0.1, 0.15) is 12.4 Å². The van der Waals surface area contributed by atoms with E-state index in [1.54, 1.807) is 18.2 Å². The number of H-pyrrole nitrogens is 1. The minimum atomic E-state index is -4.47. The summed E-state index contributed by atoms with van der Waals surface area (Å²) in [6.45, 7) is -0.0242. The van der Waals surface area contributed by atoms with Crippen molar-refractivity contribution in [2.45, 2.75) is 12.7 Å². The number of tetrazole rings is 1. The summed E-state index contributed by atoms with van der Waals surface area (Å²) in [5, 5.41) is 12.5. The largest absolute Gasteiger partial charge is 0.416 e. The molecule has 2 aromatic heterocycles. The van der Waals surface area contributed by atoms with Gasteiger partial charge in [0.25, 0.3) is 5.56 Å². The van der Waals surface area contributed by atoms with Crippen LogP contribution >= 0.6 is 11.6 Å². The molecule has 2 heterocycles. The van der Waals surface area contributed by atoms with Gasteiger partial charge in [0.2, 0.25) is 5.82 Å². The lowest BCUT2D eigenvalue weighted by molar-refractivity contribution is -0.137. The van der Waals surface area contributed by atoms with Crippen LogP contribution in [0.3, 0.4) is 0 Å². The molecule has 0 saturated carbocycles. The van der Waals surface area contributed by atoms with Crippen molar-refractivity contribution >= 4 is 22.5 Å². The molecule has 28 heavy (non-hydrogen) atoms. The zero-order valence-electron chi connectivity index (χ0n) is 13.9. The summed E-state index contributed by atoms with van der Waals surface area (Å²) < 4.78 is 38.6. The highest BCUT2D eigenvalue weighted by atomic mass is 35.5. The summed E-state index contributed by atoms with van der Waals surface area (Å²) in [6.07, 6.45) is -4.47. The molecule has 0 unspecified atom stereocenters. The number of nitrogens with one attached hydrogen (secondary N) is 1. The van der Waals surface area contributed by atoms with E-state index < -0.39 is 11.7 Å². The third kappa shape index (κ3) is 3.58. The van der Waals surface area contributed by atoms with Crippen LogP contribution in [0.2, 0.25) is 5.02 Å².